The van der Waals surface area contributed by atoms with Gasteiger partial charge < -0.3 is 10.0 Å². The van der Waals surface area contributed by atoms with Gasteiger partial charge in [-0.2, -0.15) is 0 Å². The second kappa shape index (κ2) is 9.17. The Morgan fingerprint density at radius 3 is 1.96 bits per heavy atom. The second-order valence-electron chi connectivity index (χ2n) is 7.66. The van der Waals surface area contributed by atoms with Gasteiger partial charge in [-0.3, -0.25) is 4.79 Å². The monoisotopic (exact) mass is 394 g/mol. The van der Waals surface area contributed by atoms with Crippen LogP contribution in [0.15, 0.2) is 29.2 Å². The number of carbonyl (C=O) groups is 1. The van der Waals surface area contributed by atoms with Gasteiger partial charge in [0.05, 0.1) is 4.90 Å². The van der Waals surface area contributed by atoms with Crippen molar-refractivity contribution in [1.29, 1.82) is 0 Å². The molecule has 1 saturated heterocycles. The van der Waals surface area contributed by atoms with Crippen molar-refractivity contribution in [3.8, 4) is 0 Å². The lowest BCUT2D eigenvalue weighted by molar-refractivity contribution is -0.123. The molecule has 7 heteroatoms. The van der Waals surface area contributed by atoms with E-state index in [2.05, 4.69) is 4.72 Å². The zero-order chi connectivity index (χ0) is 19.3. The number of sulfonamides is 1. The number of aliphatic hydroxyl groups excluding tert-OH is 1. The van der Waals surface area contributed by atoms with Crippen LogP contribution < -0.4 is 9.62 Å². The van der Waals surface area contributed by atoms with Gasteiger partial charge >= 0.3 is 0 Å². The molecule has 3 rings (SSSR count). The van der Waals surface area contributed by atoms with Gasteiger partial charge in [-0.1, -0.05) is 44.9 Å². The summed E-state index contributed by atoms with van der Waals surface area (Å²) in [7, 11) is -3.58. The molecule has 1 saturated carbocycles. The van der Waals surface area contributed by atoms with E-state index in [1.807, 2.05) is 0 Å². The molecule has 0 radical (unpaired) electrons. The smallest absolute Gasteiger partial charge is 0.255 e. The minimum Gasteiger partial charge on any atom is -0.383 e. The maximum atomic E-state index is 12.8. The number of anilines is 1. The van der Waals surface area contributed by atoms with Gasteiger partial charge in [-0.05, 0) is 37.1 Å². The summed E-state index contributed by atoms with van der Waals surface area (Å²) >= 11 is 0. The summed E-state index contributed by atoms with van der Waals surface area (Å²) in [5, 5.41) is 9.58. The molecule has 1 aromatic rings. The van der Waals surface area contributed by atoms with Crippen LogP contribution in [-0.2, 0) is 14.8 Å². The molecule has 2 fully saturated rings. The standard InChI is InChI=1S/C20H30N2O4S/c23-19-14-15-22(20(19)24)17-10-12-18(13-11-17)27(25,26)21-16-8-6-4-2-1-3-5-7-9-16/h10-13,16,19,21,23H,1-9,14-15H2/t19-/m1/s1. The lowest BCUT2D eigenvalue weighted by Crippen LogP contribution is -2.35. The number of hydrogen-bond donors (Lipinski definition) is 2. The Hall–Kier alpha value is -1.44. The van der Waals surface area contributed by atoms with Crippen molar-refractivity contribution < 1.29 is 18.3 Å². The summed E-state index contributed by atoms with van der Waals surface area (Å²) in [5.74, 6) is -0.328. The Morgan fingerprint density at radius 1 is 0.889 bits per heavy atom. The van der Waals surface area contributed by atoms with E-state index in [9.17, 15) is 18.3 Å². The van der Waals surface area contributed by atoms with E-state index in [1.165, 1.54) is 49.1 Å². The predicted octanol–water partition coefficient (Wildman–Crippen LogP) is 2.96. The first-order chi connectivity index (χ1) is 13.0. The number of nitrogens with zero attached hydrogens (tertiary/aromatic N) is 1. The van der Waals surface area contributed by atoms with Crippen molar-refractivity contribution in [2.75, 3.05) is 11.4 Å². The van der Waals surface area contributed by atoms with E-state index >= 15 is 0 Å². The SMILES string of the molecule is O=C1[C@H](O)CCN1c1ccc(S(=O)(=O)NC2CCCCCCCCC2)cc1. The fourth-order valence-electron chi connectivity index (χ4n) is 3.94. The van der Waals surface area contributed by atoms with Gasteiger partial charge in [-0.25, -0.2) is 13.1 Å². The maximum absolute atomic E-state index is 12.8. The van der Waals surface area contributed by atoms with Crippen molar-refractivity contribution in [1.82, 2.24) is 4.72 Å². The molecule has 27 heavy (non-hydrogen) atoms. The van der Waals surface area contributed by atoms with Crippen LogP contribution in [0.3, 0.4) is 0 Å². The van der Waals surface area contributed by atoms with Crippen LogP contribution in [-0.4, -0.2) is 38.1 Å². The molecule has 1 aliphatic carbocycles. The number of amides is 1. The van der Waals surface area contributed by atoms with Crippen molar-refractivity contribution >= 4 is 21.6 Å². The molecule has 0 bridgehead atoms. The molecule has 6 nitrogen and oxygen atoms in total. The van der Waals surface area contributed by atoms with Gasteiger partial charge in [0.1, 0.15) is 6.10 Å². The van der Waals surface area contributed by atoms with E-state index < -0.39 is 16.1 Å². The molecule has 150 valence electrons. The number of nitrogens with one attached hydrogen (secondary N) is 1. The average molecular weight is 395 g/mol. The molecule has 1 heterocycles. The van der Waals surface area contributed by atoms with E-state index in [1.54, 1.807) is 12.1 Å². The lowest BCUT2D eigenvalue weighted by Gasteiger charge is -2.20. The fourth-order valence-corrected chi connectivity index (χ4v) is 5.25. The first-order valence-electron chi connectivity index (χ1n) is 10.1. The Balaban J connectivity index is 1.65. The molecular formula is C20H30N2O4S. The summed E-state index contributed by atoms with van der Waals surface area (Å²) in [6.07, 6.45) is 9.46. The first-order valence-corrected chi connectivity index (χ1v) is 11.6. The number of benzene rings is 1. The third kappa shape index (κ3) is 5.30. The fraction of sp³-hybridized carbons (Fsp3) is 0.650. The van der Waals surface area contributed by atoms with E-state index in [-0.39, 0.29) is 16.8 Å². The first kappa shape index (κ1) is 20.3. The van der Waals surface area contributed by atoms with E-state index in [0.717, 1.165) is 25.7 Å². The second-order valence-corrected chi connectivity index (χ2v) is 9.37. The Kier molecular flexibility index (Phi) is 6.89. The molecule has 1 aromatic carbocycles. The zero-order valence-corrected chi connectivity index (χ0v) is 16.6. The molecule has 1 amide bonds. The third-order valence-electron chi connectivity index (χ3n) is 5.56. The van der Waals surface area contributed by atoms with Crippen molar-refractivity contribution in [3.05, 3.63) is 24.3 Å². The quantitative estimate of drug-likeness (QED) is 0.822. The average Bonchev–Trinajstić information content (AvgIpc) is 2.99. The summed E-state index contributed by atoms with van der Waals surface area (Å²) < 4.78 is 28.4. The van der Waals surface area contributed by atoms with Crippen LogP contribution in [0.4, 0.5) is 5.69 Å². The highest BCUT2D eigenvalue weighted by atomic mass is 32.2. The normalized spacial score (nSPS) is 23.5. The van der Waals surface area contributed by atoms with Gasteiger partial charge in [0.15, 0.2) is 0 Å². The number of hydrogen-bond acceptors (Lipinski definition) is 4. The third-order valence-corrected chi connectivity index (χ3v) is 7.10. The van der Waals surface area contributed by atoms with Crippen LogP contribution in [0, 0.1) is 0 Å². The van der Waals surface area contributed by atoms with Gasteiger partial charge in [0.2, 0.25) is 10.0 Å². The highest BCUT2D eigenvalue weighted by Crippen LogP contribution is 2.24. The van der Waals surface area contributed by atoms with Crippen molar-refractivity contribution in [2.24, 2.45) is 0 Å². The van der Waals surface area contributed by atoms with Gasteiger partial charge in [0.25, 0.3) is 5.91 Å². The number of aliphatic hydroxyl groups is 1. The molecular weight excluding hydrogens is 364 g/mol. The topological polar surface area (TPSA) is 86.7 Å². The molecule has 2 aliphatic rings. The van der Waals surface area contributed by atoms with Crippen LogP contribution in [0.1, 0.15) is 64.2 Å². The van der Waals surface area contributed by atoms with Crippen LogP contribution in [0.25, 0.3) is 0 Å². The molecule has 0 aromatic heterocycles. The summed E-state index contributed by atoms with van der Waals surface area (Å²) in [4.78, 5) is 13.6. The van der Waals surface area contributed by atoms with Gasteiger partial charge in [-0.15, -0.1) is 0 Å². The Morgan fingerprint density at radius 2 is 1.44 bits per heavy atom. The predicted molar refractivity (Wildman–Crippen MR) is 105 cm³/mol. The summed E-state index contributed by atoms with van der Waals surface area (Å²) in [5.41, 5.74) is 0.620. The van der Waals surface area contributed by atoms with Crippen LogP contribution in [0.2, 0.25) is 0 Å². The minimum atomic E-state index is -3.58. The van der Waals surface area contributed by atoms with Crippen molar-refractivity contribution in [3.63, 3.8) is 0 Å². The zero-order valence-electron chi connectivity index (χ0n) is 15.8. The highest BCUT2D eigenvalue weighted by molar-refractivity contribution is 7.89. The minimum absolute atomic E-state index is 0.0110. The Labute approximate surface area is 162 Å². The van der Waals surface area contributed by atoms with Crippen LogP contribution >= 0.6 is 0 Å². The molecule has 1 atom stereocenters. The number of carbonyl (C=O) groups excluding carboxylic acids is 1. The van der Waals surface area contributed by atoms with Crippen LogP contribution in [0.5, 0.6) is 0 Å². The summed E-state index contributed by atoms with van der Waals surface area (Å²) in [6, 6.07) is 6.34. The van der Waals surface area contributed by atoms with Crippen molar-refractivity contribution in [2.45, 2.75) is 81.2 Å². The number of rotatable bonds is 4. The molecule has 1 aliphatic heterocycles. The molecule has 0 spiro atoms. The largest absolute Gasteiger partial charge is 0.383 e. The molecule has 2 N–H and O–H groups in total. The lowest BCUT2D eigenvalue weighted by atomic mass is 9.98. The van der Waals surface area contributed by atoms with E-state index in [4.69, 9.17) is 0 Å². The summed E-state index contributed by atoms with van der Waals surface area (Å²) in [6.45, 7) is 0.451. The highest BCUT2D eigenvalue weighted by Gasteiger charge is 2.31. The van der Waals surface area contributed by atoms with E-state index in [0.29, 0.717) is 18.7 Å². The maximum Gasteiger partial charge on any atom is 0.255 e. The molecule has 0 unspecified atom stereocenters. The Bertz CT molecular complexity index is 723. The van der Waals surface area contributed by atoms with Gasteiger partial charge in [0, 0.05) is 24.7 Å².